The summed E-state index contributed by atoms with van der Waals surface area (Å²) in [5, 5.41) is 13.8. The summed E-state index contributed by atoms with van der Waals surface area (Å²) in [6.45, 7) is 1.80. The van der Waals surface area contributed by atoms with Gasteiger partial charge in [0.15, 0.2) is 0 Å². The van der Waals surface area contributed by atoms with E-state index in [0.29, 0.717) is 24.3 Å². The van der Waals surface area contributed by atoms with Crippen LogP contribution in [0.4, 0.5) is 0 Å². The molecule has 0 aromatic carbocycles. The molecule has 22 heavy (non-hydrogen) atoms. The maximum atomic E-state index is 12.6. The van der Waals surface area contributed by atoms with Crippen molar-refractivity contribution in [1.82, 2.24) is 15.3 Å². The summed E-state index contributed by atoms with van der Waals surface area (Å²) in [6.07, 6.45) is 8.67. The molecule has 2 aromatic rings. The minimum Gasteiger partial charge on any atom is -0.390 e. The zero-order chi connectivity index (χ0) is 15.3. The first kappa shape index (κ1) is 13.6. The van der Waals surface area contributed by atoms with Crippen molar-refractivity contribution in [2.24, 2.45) is 0 Å². The van der Waals surface area contributed by atoms with Gasteiger partial charge in [0.05, 0.1) is 16.7 Å². The SMILES string of the molecule is CC1(O)CC(NC(=O)c2cnc3ccncc3c2C2CC2)C1. The highest BCUT2D eigenvalue weighted by Gasteiger charge is 2.40. The maximum absolute atomic E-state index is 12.6. The highest BCUT2D eigenvalue weighted by molar-refractivity contribution is 6.00. The molecule has 2 aromatic heterocycles. The Kier molecular flexibility index (Phi) is 2.94. The van der Waals surface area contributed by atoms with E-state index in [-0.39, 0.29) is 11.9 Å². The van der Waals surface area contributed by atoms with Crippen molar-refractivity contribution in [2.45, 2.75) is 50.2 Å². The van der Waals surface area contributed by atoms with E-state index in [1.807, 2.05) is 6.07 Å². The largest absolute Gasteiger partial charge is 0.390 e. The topological polar surface area (TPSA) is 75.1 Å². The van der Waals surface area contributed by atoms with Gasteiger partial charge in [-0.2, -0.15) is 0 Å². The maximum Gasteiger partial charge on any atom is 0.253 e. The van der Waals surface area contributed by atoms with Crippen molar-refractivity contribution in [3.8, 4) is 0 Å². The van der Waals surface area contributed by atoms with Crippen LogP contribution in [-0.2, 0) is 0 Å². The van der Waals surface area contributed by atoms with E-state index < -0.39 is 5.60 Å². The molecule has 0 aliphatic heterocycles. The second-order valence-electron chi connectivity index (χ2n) is 6.83. The van der Waals surface area contributed by atoms with Gasteiger partial charge >= 0.3 is 0 Å². The van der Waals surface area contributed by atoms with E-state index >= 15 is 0 Å². The summed E-state index contributed by atoms with van der Waals surface area (Å²) in [5.74, 6) is 0.362. The molecule has 5 heteroatoms. The Morgan fingerprint density at radius 3 is 2.82 bits per heavy atom. The van der Waals surface area contributed by atoms with Crippen LogP contribution in [0.15, 0.2) is 24.7 Å². The van der Waals surface area contributed by atoms with E-state index in [0.717, 1.165) is 29.3 Å². The number of carbonyl (C=O) groups is 1. The number of aliphatic hydroxyl groups is 1. The average molecular weight is 297 g/mol. The molecule has 0 unspecified atom stereocenters. The first-order valence-corrected chi connectivity index (χ1v) is 7.79. The minimum absolute atomic E-state index is 0.0548. The number of pyridine rings is 2. The molecule has 1 amide bonds. The standard InChI is InChI=1S/C17H19N3O2/c1-17(22)6-11(7-17)20-16(21)13-9-19-14-4-5-18-8-12(14)15(13)10-2-3-10/h4-5,8-11,22H,2-3,6-7H2,1H3,(H,20,21). The number of nitrogens with zero attached hydrogens (tertiary/aromatic N) is 2. The van der Waals surface area contributed by atoms with Crippen molar-refractivity contribution in [1.29, 1.82) is 0 Å². The zero-order valence-corrected chi connectivity index (χ0v) is 12.5. The molecular formula is C17H19N3O2. The minimum atomic E-state index is -0.636. The Bertz CT molecular complexity index is 745. The number of nitrogens with one attached hydrogen (secondary N) is 1. The quantitative estimate of drug-likeness (QED) is 0.910. The molecule has 2 aliphatic carbocycles. The summed E-state index contributed by atoms with van der Waals surface area (Å²) in [6, 6.07) is 1.94. The van der Waals surface area contributed by atoms with Crippen LogP contribution in [0.5, 0.6) is 0 Å². The molecule has 0 radical (unpaired) electrons. The Hall–Kier alpha value is -2.01. The number of hydrogen-bond donors (Lipinski definition) is 2. The lowest BCUT2D eigenvalue weighted by Gasteiger charge is -2.41. The van der Waals surface area contributed by atoms with Crippen LogP contribution >= 0.6 is 0 Å². The zero-order valence-electron chi connectivity index (χ0n) is 12.5. The van der Waals surface area contributed by atoms with Crippen LogP contribution < -0.4 is 5.32 Å². The highest BCUT2D eigenvalue weighted by atomic mass is 16.3. The fourth-order valence-corrected chi connectivity index (χ4v) is 3.42. The molecule has 2 saturated carbocycles. The highest BCUT2D eigenvalue weighted by Crippen LogP contribution is 2.44. The number of fused-ring (bicyclic) bond motifs is 1. The van der Waals surface area contributed by atoms with E-state index in [1.54, 1.807) is 25.5 Å². The van der Waals surface area contributed by atoms with E-state index in [2.05, 4.69) is 15.3 Å². The predicted octanol–water partition coefficient (Wildman–Crippen LogP) is 2.15. The molecule has 0 bridgehead atoms. The van der Waals surface area contributed by atoms with Crippen LogP contribution in [0, 0.1) is 0 Å². The number of carbonyl (C=O) groups excluding carboxylic acids is 1. The predicted molar refractivity (Wildman–Crippen MR) is 82.6 cm³/mol. The molecule has 114 valence electrons. The van der Waals surface area contributed by atoms with Gasteiger partial charge in [0.2, 0.25) is 0 Å². The van der Waals surface area contributed by atoms with Crippen LogP contribution in [-0.4, -0.2) is 32.6 Å². The number of aromatic nitrogens is 2. The first-order chi connectivity index (χ1) is 10.5. The van der Waals surface area contributed by atoms with Gasteiger partial charge in [0, 0.05) is 30.0 Å². The second kappa shape index (κ2) is 4.74. The normalized spacial score (nSPS) is 27.5. The van der Waals surface area contributed by atoms with E-state index in [1.165, 1.54) is 0 Å². The first-order valence-electron chi connectivity index (χ1n) is 7.79. The number of amides is 1. The summed E-state index contributed by atoms with van der Waals surface area (Å²) in [4.78, 5) is 21.2. The van der Waals surface area contributed by atoms with Gasteiger partial charge in [-0.05, 0) is 50.2 Å². The number of rotatable bonds is 3. The second-order valence-corrected chi connectivity index (χ2v) is 6.83. The van der Waals surface area contributed by atoms with Crippen LogP contribution in [0.2, 0.25) is 0 Å². The van der Waals surface area contributed by atoms with Gasteiger partial charge in [-0.3, -0.25) is 14.8 Å². The van der Waals surface area contributed by atoms with Crippen LogP contribution in [0.25, 0.3) is 10.9 Å². The van der Waals surface area contributed by atoms with E-state index in [9.17, 15) is 9.90 Å². The summed E-state index contributed by atoms with van der Waals surface area (Å²) >= 11 is 0. The van der Waals surface area contributed by atoms with Gasteiger partial charge < -0.3 is 10.4 Å². The molecule has 0 spiro atoms. The molecule has 4 rings (SSSR count). The third-order valence-electron chi connectivity index (χ3n) is 4.65. The summed E-state index contributed by atoms with van der Waals surface area (Å²) in [7, 11) is 0. The van der Waals surface area contributed by atoms with Gasteiger partial charge in [-0.1, -0.05) is 0 Å². The van der Waals surface area contributed by atoms with Gasteiger partial charge in [0.25, 0.3) is 5.91 Å². The molecule has 2 aliphatic rings. The third kappa shape index (κ3) is 2.35. The lowest BCUT2D eigenvalue weighted by Crippen LogP contribution is -2.53. The molecule has 0 atom stereocenters. The van der Waals surface area contributed by atoms with Crippen molar-refractivity contribution in [3.63, 3.8) is 0 Å². The Morgan fingerprint density at radius 2 is 2.14 bits per heavy atom. The monoisotopic (exact) mass is 297 g/mol. The number of hydrogen-bond acceptors (Lipinski definition) is 4. The lowest BCUT2D eigenvalue weighted by atomic mass is 9.77. The van der Waals surface area contributed by atoms with Crippen LogP contribution in [0.3, 0.4) is 0 Å². The summed E-state index contributed by atoms with van der Waals surface area (Å²) < 4.78 is 0. The third-order valence-corrected chi connectivity index (χ3v) is 4.65. The van der Waals surface area contributed by atoms with E-state index in [4.69, 9.17) is 0 Å². The molecular weight excluding hydrogens is 278 g/mol. The molecule has 2 heterocycles. The smallest absolute Gasteiger partial charge is 0.253 e. The lowest BCUT2D eigenvalue weighted by molar-refractivity contribution is -0.0367. The molecule has 0 saturated heterocycles. The van der Waals surface area contributed by atoms with Gasteiger partial charge in [-0.25, -0.2) is 0 Å². The Morgan fingerprint density at radius 1 is 1.36 bits per heavy atom. The molecule has 2 N–H and O–H groups in total. The van der Waals surface area contributed by atoms with Crippen molar-refractivity contribution in [3.05, 3.63) is 35.8 Å². The summed E-state index contributed by atoms with van der Waals surface area (Å²) in [5.41, 5.74) is 2.00. The van der Waals surface area contributed by atoms with Crippen molar-refractivity contribution >= 4 is 16.8 Å². The Balaban J connectivity index is 1.66. The fourth-order valence-electron chi connectivity index (χ4n) is 3.42. The Labute approximate surface area is 128 Å². The molecule has 2 fully saturated rings. The van der Waals surface area contributed by atoms with Gasteiger partial charge in [0.1, 0.15) is 0 Å². The van der Waals surface area contributed by atoms with Crippen molar-refractivity contribution < 1.29 is 9.90 Å². The van der Waals surface area contributed by atoms with Gasteiger partial charge in [-0.15, -0.1) is 0 Å². The van der Waals surface area contributed by atoms with Crippen LogP contribution in [0.1, 0.15) is 54.4 Å². The van der Waals surface area contributed by atoms with Crippen molar-refractivity contribution in [2.75, 3.05) is 0 Å². The average Bonchev–Trinajstić information content (AvgIpc) is 3.28. The molecule has 5 nitrogen and oxygen atoms in total. The fraction of sp³-hybridized carbons (Fsp3) is 0.471.